The number of aromatic nitrogens is 1. The quantitative estimate of drug-likeness (QED) is 0.358. The number of hydrogen-bond donors (Lipinski definition) is 2. The maximum absolute atomic E-state index is 13.3. The molecular weight excluding hydrogens is 430 g/mol. The molecular formula is C23H18BrN3O2. The number of benzene rings is 3. The van der Waals surface area contributed by atoms with Crippen LogP contribution in [0.15, 0.2) is 77.5 Å². The van der Waals surface area contributed by atoms with Gasteiger partial charge in [0.15, 0.2) is 0 Å². The van der Waals surface area contributed by atoms with Gasteiger partial charge >= 0.3 is 0 Å². The molecule has 29 heavy (non-hydrogen) atoms. The van der Waals surface area contributed by atoms with E-state index in [0.717, 1.165) is 27.1 Å². The van der Waals surface area contributed by atoms with E-state index in [1.165, 1.54) is 0 Å². The van der Waals surface area contributed by atoms with Gasteiger partial charge in [-0.3, -0.25) is 9.59 Å². The summed E-state index contributed by atoms with van der Waals surface area (Å²) in [5.41, 5.74) is 6.93. The summed E-state index contributed by atoms with van der Waals surface area (Å²) in [6.07, 6.45) is 1.89. The monoisotopic (exact) mass is 447 g/mol. The predicted molar refractivity (Wildman–Crippen MR) is 118 cm³/mol. The second-order valence-corrected chi connectivity index (χ2v) is 7.53. The summed E-state index contributed by atoms with van der Waals surface area (Å²) in [5, 5.41) is 6.41. The highest BCUT2D eigenvalue weighted by molar-refractivity contribution is 9.10. The van der Waals surface area contributed by atoms with E-state index in [-0.39, 0.29) is 12.3 Å². The zero-order chi connectivity index (χ0) is 20.4. The third-order valence-corrected chi connectivity index (χ3v) is 5.62. The number of primary amides is 1. The second kappa shape index (κ2) is 8.01. The van der Waals surface area contributed by atoms with Crippen molar-refractivity contribution in [3.05, 3.63) is 88.7 Å². The van der Waals surface area contributed by atoms with Crippen LogP contribution in [0.5, 0.6) is 0 Å². The molecule has 1 atom stereocenters. The first-order valence-electron chi connectivity index (χ1n) is 9.14. The maximum atomic E-state index is 13.3. The molecule has 0 aliphatic rings. The molecule has 0 bridgehead atoms. The number of carbonyl (C=O) groups is 2. The first-order chi connectivity index (χ1) is 14.0. The molecule has 4 aromatic rings. The molecule has 0 aliphatic carbocycles. The topological polar surface area (TPSA) is 85.1 Å². The lowest BCUT2D eigenvalue weighted by atomic mass is 9.96. The third kappa shape index (κ3) is 3.84. The smallest absolute Gasteiger partial charge is 0.253 e. The molecule has 144 valence electrons. The van der Waals surface area contributed by atoms with E-state index in [1.807, 2.05) is 54.6 Å². The normalized spacial score (nSPS) is 12.0. The van der Waals surface area contributed by atoms with Crippen LogP contribution in [0.4, 0.5) is 0 Å². The first kappa shape index (κ1) is 19.1. The Kier molecular flexibility index (Phi) is 5.27. The summed E-state index contributed by atoms with van der Waals surface area (Å²) in [4.78, 5) is 29.6. The van der Waals surface area contributed by atoms with Crippen LogP contribution in [0.2, 0.25) is 0 Å². The molecule has 6 heteroatoms. The van der Waals surface area contributed by atoms with E-state index < -0.39 is 11.9 Å². The largest absolute Gasteiger partial charge is 0.368 e. The Labute approximate surface area is 176 Å². The van der Waals surface area contributed by atoms with Crippen LogP contribution in [0, 0.1) is 0 Å². The summed E-state index contributed by atoms with van der Waals surface area (Å²) in [7, 11) is 0. The van der Waals surface area contributed by atoms with Crippen LogP contribution in [-0.2, 0) is 11.2 Å². The lowest BCUT2D eigenvalue weighted by molar-refractivity contribution is -0.119. The molecule has 3 aromatic carbocycles. The van der Waals surface area contributed by atoms with Crippen molar-refractivity contribution in [1.82, 2.24) is 10.3 Å². The van der Waals surface area contributed by atoms with Gasteiger partial charge in [-0.05, 0) is 55.2 Å². The molecule has 0 saturated heterocycles. The fourth-order valence-electron chi connectivity index (χ4n) is 3.50. The van der Waals surface area contributed by atoms with E-state index >= 15 is 0 Å². The van der Waals surface area contributed by atoms with Crippen LogP contribution >= 0.6 is 15.9 Å². The van der Waals surface area contributed by atoms with Gasteiger partial charge in [0.05, 0.1) is 5.56 Å². The summed E-state index contributed by atoms with van der Waals surface area (Å²) < 4.78 is 0.621. The maximum Gasteiger partial charge on any atom is 0.253 e. The molecule has 0 radical (unpaired) electrons. The number of carbonyl (C=O) groups excluding carboxylic acids is 2. The van der Waals surface area contributed by atoms with Crippen molar-refractivity contribution in [3.63, 3.8) is 0 Å². The number of rotatable bonds is 5. The predicted octanol–water partition coefficient (Wildman–Crippen LogP) is 3.98. The van der Waals surface area contributed by atoms with E-state index in [0.29, 0.717) is 10.2 Å². The third-order valence-electron chi connectivity index (χ3n) is 4.91. The number of nitrogens with two attached hydrogens (primary N) is 1. The number of amides is 2. The van der Waals surface area contributed by atoms with E-state index in [1.54, 1.807) is 12.3 Å². The van der Waals surface area contributed by atoms with Crippen molar-refractivity contribution in [1.29, 1.82) is 0 Å². The lowest BCUT2D eigenvalue weighted by Gasteiger charge is -2.18. The van der Waals surface area contributed by atoms with Crippen LogP contribution < -0.4 is 11.1 Å². The fraction of sp³-hybridized carbons (Fsp3) is 0.0870. The van der Waals surface area contributed by atoms with Gasteiger partial charge < -0.3 is 11.1 Å². The van der Waals surface area contributed by atoms with Gasteiger partial charge in [-0.2, -0.15) is 0 Å². The van der Waals surface area contributed by atoms with Crippen LogP contribution in [-0.4, -0.2) is 22.8 Å². The van der Waals surface area contributed by atoms with E-state index in [9.17, 15) is 9.59 Å². The van der Waals surface area contributed by atoms with Crippen molar-refractivity contribution in [3.8, 4) is 0 Å². The number of nitrogens with zero attached hydrogens (tertiary/aromatic N) is 1. The zero-order valence-electron chi connectivity index (χ0n) is 15.4. The number of hydrogen-bond acceptors (Lipinski definition) is 3. The van der Waals surface area contributed by atoms with Gasteiger partial charge in [0, 0.05) is 12.6 Å². The average Bonchev–Trinajstić information content (AvgIpc) is 2.72. The minimum absolute atomic E-state index is 0.248. The number of pyridine rings is 1. The Morgan fingerprint density at radius 3 is 2.17 bits per heavy atom. The Morgan fingerprint density at radius 1 is 0.966 bits per heavy atom. The molecule has 0 spiro atoms. The molecule has 5 nitrogen and oxygen atoms in total. The Hall–Kier alpha value is -3.25. The highest BCUT2D eigenvalue weighted by atomic mass is 79.9. The number of fused-ring (bicyclic) bond motifs is 2. The highest BCUT2D eigenvalue weighted by Gasteiger charge is 2.23. The molecule has 0 fully saturated rings. The van der Waals surface area contributed by atoms with Gasteiger partial charge in [0.2, 0.25) is 5.91 Å². The van der Waals surface area contributed by atoms with Crippen LogP contribution in [0.1, 0.15) is 15.9 Å². The van der Waals surface area contributed by atoms with E-state index in [4.69, 9.17) is 5.73 Å². The van der Waals surface area contributed by atoms with Crippen molar-refractivity contribution in [2.45, 2.75) is 12.5 Å². The molecule has 1 heterocycles. The molecule has 4 rings (SSSR count). The highest BCUT2D eigenvalue weighted by Crippen LogP contribution is 2.28. The molecule has 0 aliphatic heterocycles. The number of halogens is 1. The van der Waals surface area contributed by atoms with Gasteiger partial charge in [0.1, 0.15) is 10.6 Å². The first-order valence-corrected chi connectivity index (χ1v) is 9.94. The molecule has 0 unspecified atom stereocenters. The minimum atomic E-state index is -0.860. The standard InChI is InChI=1S/C23H18BrN3O2/c24-21-16(8-5-11-26-21)13-19(22(25)28)27-23(29)20-17-9-3-1-6-14(17)12-15-7-2-4-10-18(15)20/h1-12,19H,13H2,(H2,25,28)(H,27,29)/t19-/m0/s1. The minimum Gasteiger partial charge on any atom is -0.368 e. The summed E-state index contributed by atoms with van der Waals surface area (Å²) >= 11 is 3.37. The fourth-order valence-corrected chi connectivity index (χ4v) is 3.92. The Balaban J connectivity index is 1.75. The van der Waals surface area contributed by atoms with Crippen LogP contribution in [0.3, 0.4) is 0 Å². The number of nitrogens with one attached hydrogen (secondary N) is 1. The molecule has 0 saturated carbocycles. The summed E-state index contributed by atoms with van der Waals surface area (Å²) in [5.74, 6) is -0.930. The summed E-state index contributed by atoms with van der Waals surface area (Å²) in [6, 6.07) is 20.2. The molecule has 2 amide bonds. The molecule has 3 N–H and O–H groups in total. The second-order valence-electron chi connectivity index (χ2n) is 6.78. The Morgan fingerprint density at radius 2 is 1.59 bits per heavy atom. The van der Waals surface area contributed by atoms with Gasteiger partial charge in [-0.1, -0.05) is 54.6 Å². The summed E-state index contributed by atoms with van der Waals surface area (Å²) in [6.45, 7) is 0. The Bertz CT molecular complexity index is 1190. The van der Waals surface area contributed by atoms with Crippen molar-refractivity contribution in [2.24, 2.45) is 5.73 Å². The van der Waals surface area contributed by atoms with Crippen molar-refractivity contribution < 1.29 is 9.59 Å². The molecule has 1 aromatic heterocycles. The van der Waals surface area contributed by atoms with Crippen molar-refractivity contribution in [2.75, 3.05) is 0 Å². The van der Waals surface area contributed by atoms with Gasteiger partial charge in [-0.25, -0.2) is 4.98 Å². The van der Waals surface area contributed by atoms with Gasteiger partial charge in [0.25, 0.3) is 5.91 Å². The lowest BCUT2D eigenvalue weighted by Crippen LogP contribution is -2.46. The SMILES string of the molecule is NC(=O)[C@H](Cc1cccnc1Br)NC(=O)c1c2ccccc2cc2ccccc12. The van der Waals surface area contributed by atoms with Gasteiger partial charge in [-0.15, -0.1) is 0 Å². The van der Waals surface area contributed by atoms with E-state index in [2.05, 4.69) is 32.3 Å². The average molecular weight is 448 g/mol. The van der Waals surface area contributed by atoms with Crippen molar-refractivity contribution >= 4 is 49.3 Å². The zero-order valence-corrected chi connectivity index (χ0v) is 17.0. The van der Waals surface area contributed by atoms with Crippen LogP contribution in [0.25, 0.3) is 21.5 Å².